The average molecular weight is 493 g/mol. The normalized spacial score (nSPS) is 11.2. The Labute approximate surface area is 205 Å². The Morgan fingerprint density at radius 1 is 1.14 bits per heavy atom. The average Bonchev–Trinajstić information content (AvgIpc) is 3.37. The van der Waals surface area contributed by atoms with Gasteiger partial charge in [-0.05, 0) is 29.7 Å². The van der Waals surface area contributed by atoms with Crippen molar-refractivity contribution < 1.29 is 23.5 Å². The van der Waals surface area contributed by atoms with E-state index in [2.05, 4.69) is 25.1 Å². The van der Waals surface area contributed by atoms with Crippen molar-refractivity contribution >= 4 is 23.6 Å². The molecule has 0 saturated heterocycles. The molecule has 0 spiro atoms. The molecular formula is C24H24FN7O4. The number of nitrogens with zero attached hydrogens (tertiary/aromatic N) is 4. The lowest BCUT2D eigenvalue weighted by atomic mass is 10.1. The quantitative estimate of drug-likeness (QED) is 0.339. The molecule has 2 heterocycles. The fraction of sp³-hybridized carbons (Fsp3) is 0.167. The van der Waals surface area contributed by atoms with E-state index in [4.69, 9.17) is 11.5 Å². The van der Waals surface area contributed by atoms with Gasteiger partial charge < -0.3 is 21.5 Å². The monoisotopic (exact) mass is 493 g/mol. The molecule has 0 fully saturated rings. The maximum Gasteiger partial charge on any atom is 0.356 e. The minimum Gasteiger partial charge on any atom is -0.464 e. The standard InChI is InChI=1S/C16H14FN5O3.C8H10N2O/c1-9-5-10(3-4-11(9)17)7-18-14(23)12-6-13(15(24)25-2)22-16(21-12)19-8-20-22;9-7(8(10)11)6-4-2-1-3-5-6/h3-6,8H,7H2,1-2H3,(H,18,23);1-5,7H,9H2,(H2,10,11)/t;7-/m.1/s1. The van der Waals surface area contributed by atoms with Crippen LogP contribution >= 0.6 is 0 Å². The molecule has 2 aromatic heterocycles. The van der Waals surface area contributed by atoms with E-state index in [1.807, 2.05) is 18.2 Å². The molecule has 11 nitrogen and oxygen atoms in total. The molecule has 0 aliphatic heterocycles. The van der Waals surface area contributed by atoms with Gasteiger partial charge in [0.2, 0.25) is 5.91 Å². The van der Waals surface area contributed by atoms with Gasteiger partial charge in [-0.15, -0.1) is 0 Å². The second-order valence-corrected chi connectivity index (χ2v) is 7.55. The predicted octanol–water partition coefficient (Wildman–Crippen LogP) is 1.46. The number of primary amides is 1. The number of carbonyl (C=O) groups is 3. The Balaban J connectivity index is 0.000000275. The molecule has 12 heteroatoms. The van der Waals surface area contributed by atoms with Crippen molar-refractivity contribution in [1.29, 1.82) is 0 Å². The molecule has 186 valence electrons. The zero-order valence-corrected chi connectivity index (χ0v) is 19.5. The van der Waals surface area contributed by atoms with E-state index in [-0.39, 0.29) is 29.5 Å². The van der Waals surface area contributed by atoms with Gasteiger partial charge in [0.15, 0.2) is 5.69 Å². The van der Waals surface area contributed by atoms with Crippen LogP contribution in [-0.2, 0) is 16.1 Å². The van der Waals surface area contributed by atoms with Gasteiger partial charge in [-0.2, -0.15) is 14.6 Å². The number of aryl methyl sites for hydroxylation is 1. The highest BCUT2D eigenvalue weighted by Crippen LogP contribution is 2.11. The summed E-state index contributed by atoms with van der Waals surface area (Å²) in [5, 5.41) is 6.54. The third-order valence-electron chi connectivity index (χ3n) is 5.02. The SMILES string of the molecule is COC(=O)c1cc(C(=O)NCc2ccc(F)c(C)c2)nc2ncnn12.NC(=O)[C@H](N)c1ccccc1. The lowest BCUT2D eigenvalue weighted by Gasteiger charge is -2.08. The Morgan fingerprint density at radius 3 is 2.50 bits per heavy atom. The van der Waals surface area contributed by atoms with E-state index in [1.165, 1.54) is 30.1 Å². The summed E-state index contributed by atoms with van der Waals surface area (Å²) < 4.78 is 19.1. The molecule has 1 atom stereocenters. The molecule has 2 amide bonds. The first-order valence-corrected chi connectivity index (χ1v) is 10.6. The number of methoxy groups -OCH3 is 1. The lowest BCUT2D eigenvalue weighted by Crippen LogP contribution is -2.27. The fourth-order valence-corrected chi connectivity index (χ4v) is 3.09. The van der Waals surface area contributed by atoms with Crippen molar-refractivity contribution in [3.8, 4) is 0 Å². The van der Waals surface area contributed by atoms with Crippen molar-refractivity contribution in [3.05, 3.63) is 94.8 Å². The number of halogens is 1. The minimum atomic E-state index is -0.684. The highest BCUT2D eigenvalue weighted by molar-refractivity contribution is 5.96. The number of amides is 2. The number of esters is 1. The van der Waals surface area contributed by atoms with Crippen LogP contribution in [0.25, 0.3) is 5.78 Å². The van der Waals surface area contributed by atoms with Crippen LogP contribution in [0.4, 0.5) is 4.39 Å². The van der Waals surface area contributed by atoms with Gasteiger partial charge in [0.05, 0.1) is 7.11 Å². The van der Waals surface area contributed by atoms with Gasteiger partial charge in [0.25, 0.3) is 11.7 Å². The third kappa shape index (κ3) is 6.24. The highest BCUT2D eigenvalue weighted by Gasteiger charge is 2.18. The van der Waals surface area contributed by atoms with Crippen LogP contribution in [0.15, 0.2) is 60.9 Å². The summed E-state index contributed by atoms with van der Waals surface area (Å²) in [6.07, 6.45) is 1.22. The Kier molecular flexibility index (Phi) is 8.36. The summed E-state index contributed by atoms with van der Waals surface area (Å²) in [6, 6.07) is 14.2. The maximum absolute atomic E-state index is 13.3. The minimum absolute atomic E-state index is 0.000247. The molecule has 2 aromatic carbocycles. The number of aromatic nitrogens is 4. The molecule has 36 heavy (non-hydrogen) atoms. The van der Waals surface area contributed by atoms with E-state index in [9.17, 15) is 18.8 Å². The Bertz CT molecular complexity index is 1390. The van der Waals surface area contributed by atoms with Crippen LogP contribution in [0, 0.1) is 12.7 Å². The second kappa shape index (κ2) is 11.6. The van der Waals surface area contributed by atoms with Crippen molar-refractivity contribution in [3.63, 3.8) is 0 Å². The third-order valence-corrected chi connectivity index (χ3v) is 5.02. The van der Waals surface area contributed by atoms with Crippen LogP contribution < -0.4 is 16.8 Å². The number of nitrogens with two attached hydrogens (primary N) is 2. The smallest absolute Gasteiger partial charge is 0.356 e. The molecule has 0 radical (unpaired) electrons. The molecule has 0 bridgehead atoms. The van der Waals surface area contributed by atoms with Gasteiger partial charge in [0, 0.05) is 12.6 Å². The Hall–Kier alpha value is -4.71. The second-order valence-electron chi connectivity index (χ2n) is 7.55. The zero-order valence-electron chi connectivity index (χ0n) is 19.5. The van der Waals surface area contributed by atoms with Crippen LogP contribution in [0.1, 0.15) is 43.7 Å². The first kappa shape index (κ1) is 25.9. The summed E-state index contributed by atoms with van der Waals surface area (Å²) in [5.41, 5.74) is 12.5. The van der Waals surface area contributed by atoms with E-state index < -0.39 is 23.8 Å². The van der Waals surface area contributed by atoms with Crippen molar-refractivity contribution in [1.82, 2.24) is 24.9 Å². The van der Waals surface area contributed by atoms with Crippen molar-refractivity contribution in [2.24, 2.45) is 11.5 Å². The van der Waals surface area contributed by atoms with Gasteiger partial charge >= 0.3 is 5.97 Å². The number of rotatable bonds is 6. The van der Waals surface area contributed by atoms with E-state index in [0.717, 1.165) is 11.1 Å². The molecule has 4 aromatic rings. The lowest BCUT2D eigenvalue weighted by molar-refractivity contribution is -0.119. The first-order chi connectivity index (χ1) is 17.2. The summed E-state index contributed by atoms with van der Waals surface area (Å²) in [7, 11) is 1.22. The topological polar surface area (TPSA) is 168 Å². The number of carbonyl (C=O) groups excluding carboxylic acids is 3. The molecule has 4 rings (SSSR count). The molecule has 0 aliphatic rings. The molecule has 0 aliphatic carbocycles. The summed E-state index contributed by atoms with van der Waals surface area (Å²) in [4.78, 5) is 42.7. The first-order valence-electron chi connectivity index (χ1n) is 10.6. The Morgan fingerprint density at radius 2 is 1.86 bits per heavy atom. The van der Waals surface area contributed by atoms with E-state index in [0.29, 0.717) is 5.56 Å². The summed E-state index contributed by atoms with van der Waals surface area (Å²) in [5.74, 6) is -1.88. The molecule has 0 saturated carbocycles. The van der Waals surface area contributed by atoms with Gasteiger partial charge in [0.1, 0.15) is 23.9 Å². The largest absolute Gasteiger partial charge is 0.464 e. The molecule has 0 unspecified atom stereocenters. The van der Waals surface area contributed by atoms with Crippen molar-refractivity contribution in [2.75, 3.05) is 7.11 Å². The van der Waals surface area contributed by atoms with E-state index >= 15 is 0 Å². The summed E-state index contributed by atoms with van der Waals surface area (Å²) in [6.45, 7) is 1.83. The number of hydrogen-bond acceptors (Lipinski definition) is 8. The number of fused-ring (bicyclic) bond motifs is 1. The number of hydrogen-bond donors (Lipinski definition) is 3. The van der Waals surface area contributed by atoms with Crippen LogP contribution in [0.2, 0.25) is 0 Å². The molecular weight excluding hydrogens is 469 g/mol. The van der Waals surface area contributed by atoms with Gasteiger partial charge in [-0.3, -0.25) is 9.59 Å². The van der Waals surface area contributed by atoms with Gasteiger partial charge in [-0.1, -0.05) is 42.5 Å². The zero-order chi connectivity index (χ0) is 26.2. The van der Waals surface area contributed by atoms with Crippen LogP contribution in [0.3, 0.4) is 0 Å². The predicted molar refractivity (Wildman–Crippen MR) is 127 cm³/mol. The number of ether oxygens (including phenoxy) is 1. The number of benzene rings is 2. The van der Waals surface area contributed by atoms with E-state index in [1.54, 1.807) is 31.2 Å². The maximum atomic E-state index is 13.3. The molecule has 5 N–H and O–H groups in total. The van der Waals surface area contributed by atoms with Crippen molar-refractivity contribution in [2.45, 2.75) is 19.5 Å². The van der Waals surface area contributed by atoms with Crippen LogP contribution in [0.5, 0.6) is 0 Å². The van der Waals surface area contributed by atoms with Crippen LogP contribution in [-0.4, -0.2) is 44.5 Å². The highest BCUT2D eigenvalue weighted by atomic mass is 19.1. The number of nitrogens with one attached hydrogen (secondary N) is 1. The van der Waals surface area contributed by atoms with Gasteiger partial charge in [-0.25, -0.2) is 14.2 Å². The summed E-state index contributed by atoms with van der Waals surface area (Å²) >= 11 is 0. The fourth-order valence-electron chi connectivity index (χ4n) is 3.09.